The topological polar surface area (TPSA) is 42.5 Å². The number of hydrogen-bond acceptors (Lipinski definition) is 3. The number of aromatic nitrogens is 3. The van der Waals surface area contributed by atoms with E-state index in [9.17, 15) is 0 Å². The Balaban J connectivity index is 1.38. The Morgan fingerprint density at radius 1 is 0.414 bits per heavy atom. The van der Waals surface area contributed by atoms with E-state index in [-0.39, 0.29) is 15.1 Å². The summed E-state index contributed by atoms with van der Waals surface area (Å²) < 4.78 is 31.7. The Bertz CT molecular complexity index is 2090. The molecule has 3 heterocycles. The monoisotopic (exact) mass is 1030 g/mol. The quantitative estimate of drug-likeness (QED) is 0.0963. The molecule has 0 bridgehead atoms. The van der Waals surface area contributed by atoms with Crippen molar-refractivity contribution in [2.24, 2.45) is 0 Å². The molecule has 6 rings (SSSR count). The van der Waals surface area contributed by atoms with Crippen LogP contribution in [0.1, 0.15) is 62.3 Å². The van der Waals surface area contributed by atoms with Crippen LogP contribution in [0.15, 0.2) is 91.4 Å². The third-order valence-electron chi connectivity index (χ3n) is 13.9. The van der Waals surface area contributed by atoms with E-state index in [0.717, 1.165) is 39.5 Å². The Hall–Kier alpha value is -2.31. The number of benzene rings is 3. The molecular weight excluding hydrogens is 960 g/mol. The predicted molar refractivity (Wildman–Crippen MR) is 260 cm³/mol. The fourth-order valence-electron chi connectivity index (χ4n) is 6.81. The minimum atomic E-state index is -2.89. The Morgan fingerprint density at radius 3 is 0.914 bits per heavy atom. The van der Waals surface area contributed by atoms with Crippen LogP contribution in [0.25, 0.3) is 32.7 Å². The fourth-order valence-corrected chi connectivity index (χ4v) is 18.9. The SMILES string of the molecule is CC(C)(C)[Si](C)(C)OCCn1ccc2cc[c]([Bi]([c]3ccc4ccn(CCO[Si](C)(C)C(C)(C)C)c4c3)[c]3ccc4ccn(CCO[Si](C)(C)C(C)(C)C)c4c3)cc21. The third-order valence-corrected chi connectivity index (χ3v) is 36.7. The molecule has 10 heteroatoms. The molecule has 0 N–H and O–H groups in total. The van der Waals surface area contributed by atoms with Gasteiger partial charge in [-0.2, -0.15) is 0 Å². The van der Waals surface area contributed by atoms with Crippen molar-refractivity contribution in [2.75, 3.05) is 19.8 Å². The van der Waals surface area contributed by atoms with Gasteiger partial charge in [0.05, 0.1) is 0 Å². The molecule has 0 unspecified atom stereocenters. The molecule has 0 radical (unpaired) electrons. The normalized spacial score (nSPS) is 13.9. The number of nitrogens with zero attached hydrogens (tertiary/aromatic N) is 3. The molecule has 0 aliphatic heterocycles. The maximum absolute atomic E-state index is 6.66. The van der Waals surface area contributed by atoms with Crippen molar-refractivity contribution < 1.29 is 13.3 Å². The van der Waals surface area contributed by atoms with Gasteiger partial charge in [0.15, 0.2) is 0 Å². The van der Waals surface area contributed by atoms with Crippen molar-refractivity contribution in [3.8, 4) is 0 Å². The van der Waals surface area contributed by atoms with Crippen molar-refractivity contribution in [3.63, 3.8) is 0 Å². The van der Waals surface area contributed by atoms with Gasteiger partial charge in [-0.15, -0.1) is 0 Å². The Kier molecular flexibility index (Phi) is 13.2. The molecular formula is C48H72BiN3O3Si3. The fraction of sp³-hybridized carbons (Fsp3) is 0.500. The van der Waals surface area contributed by atoms with Gasteiger partial charge in [-0.05, 0) is 0 Å². The van der Waals surface area contributed by atoms with Gasteiger partial charge in [0, 0.05) is 0 Å². The molecule has 0 saturated carbocycles. The van der Waals surface area contributed by atoms with Gasteiger partial charge in [0.2, 0.25) is 0 Å². The van der Waals surface area contributed by atoms with Crippen molar-refractivity contribution in [2.45, 2.75) is 136 Å². The van der Waals surface area contributed by atoms with E-state index in [1.54, 1.807) is 0 Å². The molecule has 314 valence electrons. The molecule has 58 heavy (non-hydrogen) atoms. The van der Waals surface area contributed by atoms with Crippen molar-refractivity contribution in [1.82, 2.24) is 13.7 Å². The van der Waals surface area contributed by atoms with E-state index in [2.05, 4.69) is 207 Å². The molecule has 0 spiro atoms. The summed E-state index contributed by atoms with van der Waals surface area (Å²) in [6.07, 6.45) is 6.76. The van der Waals surface area contributed by atoms with Crippen molar-refractivity contribution >= 4 is 89.2 Å². The second-order valence-electron chi connectivity index (χ2n) is 20.9. The van der Waals surface area contributed by atoms with E-state index in [1.807, 2.05) is 0 Å². The summed E-state index contributed by atoms with van der Waals surface area (Å²) in [7, 11) is -5.51. The summed E-state index contributed by atoms with van der Waals surface area (Å²) in [5.41, 5.74) is 3.90. The van der Waals surface area contributed by atoms with Crippen LogP contribution in [0.3, 0.4) is 0 Å². The molecule has 0 atom stereocenters. The van der Waals surface area contributed by atoms with Gasteiger partial charge in [0.25, 0.3) is 0 Å². The molecule has 0 aliphatic rings. The second kappa shape index (κ2) is 16.9. The minimum absolute atomic E-state index is 0.192. The molecule has 3 aromatic carbocycles. The van der Waals surface area contributed by atoms with Crippen molar-refractivity contribution in [1.29, 1.82) is 0 Å². The van der Waals surface area contributed by atoms with Gasteiger partial charge in [-0.3, -0.25) is 0 Å². The molecule has 0 fully saturated rings. The molecule has 0 amide bonds. The maximum atomic E-state index is 6.66. The Morgan fingerprint density at radius 2 is 0.672 bits per heavy atom. The molecule has 3 aromatic heterocycles. The van der Waals surface area contributed by atoms with Gasteiger partial charge in [-0.25, -0.2) is 0 Å². The van der Waals surface area contributed by atoms with Crippen LogP contribution in [-0.2, 0) is 32.9 Å². The summed E-state index contributed by atoms with van der Waals surface area (Å²) in [5, 5.41) is 4.44. The zero-order valence-corrected chi connectivity index (χ0v) is 44.9. The zero-order chi connectivity index (χ0) is 42.5. The third kappa shape index (κ3) is 9.74. The predicted octanol–water partition coefficient (Wildman–Crippen LogP) is 11.1. The van der Waals surface area contributed by atoms with Crippen LogP contribution in [0.2, 0.25) is 54.4 Å². The summed E-state index contributed by atoms with van der Waals surface area (Å²) >= 11 is -2.89. The summed E-state index contributed by atoms with van der Waals surface area (Å²) in [4.78, 5) is 0. The van der Waals surface area contributed by atoms with Crippen LogP contribution in [0.4, 0.5) is 0 Å². The zero-order valence-electron chi connectivity index (χ0n) is 38.4. The van der Waals surface area contributed by atoms with Crippen LogP contribution >= 0.6 is 0 Å². The number of hydrogen-bond donors (Lipinski definition) is 0. The van der Waals surface area contributed by atoms with Crippen molar-refractivity contribution in [3.05, 3.63) is 91.4 Å². The van der Waals surface area contributed by atoms with Crippen LogP contribution < -0.4 is 9.81 Å². The van der Waals surface area contributed by atoms with Gasteiger partial charge in [-0.1, -0.05) is 0 Å². The van der Waals surface area contributed by atoms with Crippen LogP contribution in [0.5, 0.6) is 0 Å². The first-order valence-electron chi connectivity index (χ1n) is 21.4. The summed E-state index contributed by atoms with van der Waals surface area (Å²) in [5.74, 6) is 0. The van der Waals surface area contributed by atoms with Gasteiger partial charge >= 0.3 is 364 Å². The average molecular weight is 1030 g/mol. The molecule has 6 aromatic rings. The summed E-state index contributed by atoms with van der Waals surface area (Å²) in [6, 6.07) is 28.7. The number of rotatable bonds is 15. The van der Waals surface area contributed by atoms with Gasteiger partial charge in [0.1, 0.15) is 0 Å². The molecule has 0 saturated heterocycles. The average Bonchev–Trinajstić information content (AvgIpc) is 3.84. The van der Waals surface area contributed by atoms with Crippen LogP contribution in [-0.4, -0.2) is 80.2 Å². The molecule has 0 aliphatic carbocycles. The van der Waals surface area contributed by atoms with E-state index >= 15 is 0 Å². The van der Waals surface area contributed by atoms with E-state index in [4.69, 9.17) is 13.3 Å². The van der Waals surface area contributed by atoms with Gasteiger partial charge < -0.3 is 0 Å². The first-order chi connectivity index (χ1) is 26.9. The van der Waals surface area contributed by atoms with E-state index in [0.29, 0.717) is 0 Å². The van der Waals surface area contributed by atoms with E-state index < -0.39 is 46.7 Å². The number of fused-ring (bicyclic) bond motifs is 3. The standard InChI is InChI=1S/3C16H24NOSi.Bi/c3*1-16(2,3)19(4,5)18-13-12-17-11-10-14-8-6-7-9-15(14)17;/h3*6,8-11H,12-13H2,1-5H3;. The summed E-state index contributed by atoms with van der Waals surface area (Å²) in [6.45, 7) is 39.7. The first-order valence-corrected chi connectivity index (χ1v) is 35.3. The first kappa shape index (κ1) is 45.2. The second-order valence-corrected chi connectivity index (χ2v) is 44.0. The van der Waals surface area contributed by atoms with E-state index in [1.165, 1.54) is 42.5 Å². The molecule has 6 nitrogen and oxygen atoms in total. The van der Waals surface area contributed by atoms with Crippen LogP contribution in [0, 0.1) is 0 Å². The Labute approximate surface area is 361 Å².